The zero-order valence-corrected chi connectivity index (χ0v) is 13.1. The molecule has 1 heterocycles. The summed E-state index contributed by atoms with van der Waals surface area (Å²) in [5, 5.41) is 2.78. The van der Waals surface area contributed by atoms with E-state index in [0.29, 0.717) is 11.5 Å². The summed E-state index contributed by atoms with van der Waals surface area (Å²) >= 11 is 0. The summed E-state index contributed by atoms with van der Waals surface area (Å²) in [6.45, 7) is 1.74. The zero-order chi connectivity index (χ0) is 16.7. The summed E-state index contributed by atoms with van der Waals surface area (Å²) in [5.74, 6) is 0.697. The van der Waals surface area contributed by atoms with Crippen molar-refractivity contribution >= 4 is 11.9 Å². The average Bonchev–Trinajstić information content (AvgIpc) is 3.08. The fraction of sp³-hybridized carbons (Fsp3) is 0.294. The van der Waals surface area contributed by atoms with Crippen molar-refractivity contribution in [2.45, 2.75) is 19.4 Å². The van der Waals surface area contributed by atoms with Crippen molar-refractivity contribution in [3.8, 4) is 5.75 Å². The van der Waals surface area contributed by atoms with Crippen LogP contribution in [0.5, 0.6) is 5.75 Å². The summed E-state index contributed by atoms with van der Waals surface area (Å²) in [6.07, 6.45) is 1.77. The van der Waals surface area contributed by atoms with E-state index in [1.807, 2.05) is 6.92 Å². The largest absolute Gasteiger partial charge is 0.484 e. The second kappa shape index (κ2) is 8.03. The Morgan fingerprint density at radius 3 is 2.57 bits per heavy atom. The van der Waals surface area contributed by atoms with Gasteiger partial charge >= 0.3 is 5.97 Å². The van der Waals surface area contributed by atoms with E-state index in [-0.39, 0.29) is 30.9 Å². The van der Waals surface area contributed by atoms with Crippen LogP contribution in [0.4, 0.5) is 0 Å². The lowest BCUT2D eigenvalue weighted by atomic mass is 10.1. The summed E-state index contributed by atoms with van der Waals surface area (Å²) in [5.41, 5.74) is 0.820. The van der Waals surface area contributed by atoms with Crippen LogP contribution in [0, 0.1) is 0 Å². The molecule has 0 aliphatic carbocycles. The van der Waals surface area contributed by atoms with Crippen LogP contribution in [-0.2, 0) is 20.7 Å². The maximum Gasteiger partial charge on any atom is 0.309 e. The minimum absolute atomic E-state index is 0.0958. The molecule has 1 amide bonds. The van der Waals surface area contributed by atoms with Gasteiger partial charge in [0, 0.05) is 0 Å². The Morgan fingerprint density at radius 1 is 1.22 bits per heavy atom. The lowest BCUT2D eigenvalue weighted by molar-refractivity contribution is -0.139. The normalized spacial score (nSPS) is 11.6. The van der Waals surface area contributed by atoms with Gasteiger partial charge in [0.1, 0.15) is 11.5 Å². The van der Waals surface area contributed by atoms with E-state index in [1.165, 1.54) is 7.11 Å². The summed E-state index contributed by atoms with van der Waals surface area (Å²) in [6, 6.07) is 10.3. The number of nitrogens with one attached hydrogen (secondary N) is 1. The Kier molecular flexibility index (Phi) is 5.80. The molecular formula is C17H19NO5. The number of benzene rings is 1. The van der Waals surface area contributed by atoms with Crippen molar-refractivity contribution in [2.24, 2.45) is 0 Å². The number of rotatable bonds is 7. The van der Waals surface area contributed by atoms with Crippen molar-refractivity contribution < 1.29 is 23.5 Å². The van der Waals surface area contributed by atoms with Crippen LogP contribution in [0.1, 0.15) is 24.3 Å². The van der Waals surface area contributed by atoms with E-state index < -0.39 is 0 Å². The van der Waals surface area contributed by atoms with Crippen molar-refractivity contribution in [1.29, 1.82) is 0 Å². The fourth-order valence-corrected chi connectivity index (χ4v) is 1.98. The van der Waals surface area contributed by atoms with Gasteiger partial charge in [-0.2, -0.15) is 0 Å². The fourth-order valence-electron chi connectivity index (χ4n) is 1.98. The van der Waals surface area contributed by atoms with E-state index in [0.717, 1.165) is 5.56 Å². The zero-order valence-electron chi connectivity index (χ0n) is 13.1. The highest BCUT2D eigenvalue weighted by Crippen LogP contribution is 2.14. The maximum atomic E-state index is 11.8. The predicted molar refractivity (Wildman–Crippen MR) is 82.9 cm³/mol. The first-order valence-corrected chi connectivity index (χ1v) is 7.20. The van der Waals surface area contributed by atoms with Gasteiger partial charge < -0.3 is 19.2 Å². The molecule has 0 saturated heterocycles. The van der Waals surface area contributed by atoms with E-state index in [2.05, 4.69) is 10.1 Å². The molecule has 0 aliphatic rings. The van der Waals surface area contributed by atoms with Gasteiger partial charge in [0.2, 0.25) is 0 Å². The lowest BCUT2D eigenvalue weighted by Gasteiger charge is -2.12. The van der Waals surface area contributed by atoms with E-state index in [9.17, 15) is 9.59 Å². The number of carbonyl (C=O) groups is 2. The van der Waals surface area contributed by atoms with Gasteiger partial charge in [-0.05, 0) is 36.8 Å². The van der Waals surface area contributed by atoms with Crippen molar-refractivity contribution in [2.75, 3.05) is 13.7 Å². The van der Waals surface area contributed by atoms with Crippen LogP contribution >= 0.6 is 0 Å². The number of hydrogen-bond donors (Lipinski definition) is 1. The third kappa shape index (κ3) is 5.18. The van der Waals surface area contributed by atoms with Crippen LogP contribution in [0.3, 0.4) is 0 Å². The SMILES string of the molecule is COC(=O)Cc1ccc(OCC(=O)N[C@@H](C)c2ccco2)cc1. The molecular weight excluding hydrogens is 298 g/mol. The molecule has 1 aromatic heterocycles. The Morgan fingerprint density at radius 2 is 1.96 bits per heavy atom. The van der Waals surface area contributed by atoms with Gasteiger partial charge in [-0.1, -0.05) is 12.1 Å². The quantitative estimate of drug-likeness (QED) is 0.793. The van der Waals surface area contributed by atoms with Crippen molar-refractivity contribution in [3.05, 3.63) is 54.0 Å². The topological polar surface area (TPSA) is 77.8 Å². The minimum Gasteiger partial charge on any atom is -0.484 e. The Balaban J connectivity index is 1.79. The molecule has 0 aliphatic heterocycles. The number of ether oxygens (including phenoxy) is 2. The molecule has 0 radical (unpaired) electrons. The van der Waals surface area contributed by atoms with Crippen LogP contribution in [0.25, 0.3) is 0 Å². The van der Waals surface area contributed by atoms with E-state index >= 15 is 0 Å². The van der Waals surface area contributed by atoms with Gasteiger partial charge in [0.15, 0.2) is 6.61 Å². The molecule has 0 fully saturated rings. The second-order valence-electron chi connectivity index (χ2n) is 4.99. The molecule has 0 spiro atoms. The number of carbonyl (C=O) groups excluding carboxylic acids is 2. The summed E-state index contributed by atoms with van der Waals surface area (Å²) in [4.78, 5) is 23.0. The highest BCUT2D eigenvalue weighted by Gasteiger charge is 2.12. The van der Waals surface area contributed by atoms with E-state index in [1.54, 1.807) is 42.7 Å². The molecule has 23 heavy (non-hydrogen) atoms. The number of furan rings is 1. The first-order valence-electron chi connectivity index (χ1n) is 7.20. The molecule has 2 aromatic rings. The van der Waals surface area contributed by atoms with Crippen LogP contribution in [0.15, 0.2) is 47.1 Å². The van der Waals surface area contributed by atoms with E-state index in [4.69, 9.17) is 9.15 Å². The molecule has 0 unspecified atom stereocenters. The highest BCUT2D eigenvalue weighted by molar-refractivity contribution is 5.78. The number of amides is 1. The Bertz CT molecular complexity index is 634. The molecule has 122 valence electrons. The number of esters is 1. The Labute approximate surface area is 134 Å². The summed E-state index contributed by atoms with van der Waals surface area (Å²) in [7, 11) is 1.35. The third-order valence-electron chi connectivity index (χ3n) is 3.22. The molecule has 1 aromatic carbocycles. The van der Waals surface area contributed by atoms with Crippen molar-refractivity contribution in [1.82, 2.24) is 5.32 Å². The monoisotopic (exact) mass is 317 g/mol. The standard InChI is InChI=1S/C17H19NO5/c1-12(15-4-3-9-22-15)18-16(19)11-23-14-7-5-13(6-8-14)10-17(20)21-2/h3-9,12H,10-11H2,1-2H3,(H,18,19)/t12-/m0/s1. The molecule has 1 N–H and O–H groups in total. The van der Waals surface area contributed by atoms with Gasteiger partial charge in [0.25, 0.3) is 5.91 Å². The van der Waals surface area contributed by atoms with Gasteiger partial charge in [-0.3, -0.25) is 9.59 Å². The lowest BCUT2D eigenvalue weighted by Crippen LogP contribution is -2.31. The molecule has 1 atom stereocenters. The average molecular weight is 317 g/mol. The van der Waals surface area contributed by atoms with Gasteiger partial charge in [-0.25, -0.2) is 0 Å². The summed E-state index contributed by atoms with van der Waals surface area (Å²) < 4.78 is 15.2. The Hall–Kier alpha value is -2.76. The minimum atomic E-state index is -0.301. The van der Waals surface area contributed by atoms with Crippen molar-refractivity contribution in [3.63, 3.8) is 0 Å². The van der Waals surface area contributed by atoms with Gasteiger partial charge in [-0.15, -0.1) is 0 Å². The molecule has 0 bridgehead atoms. The molecule has 6 nitrogen and oxygen atoms in total. The smallest absolute Gasteiger partial charge is 0.309 e. The first-order chi connectivity index (χ1) is 11.1. The molecule has 2 rings (SSSR count). The molecule has 6 heteroatoms. The predicted octanol–water partition coefficient (Wildman–Crippen LogP) is 2.25. The number of hydrogen-bond acceptors (Lipinski definition) is 5. The third-order valence-corrected chi connectivity index (χ3v) is 3.22. The number of methoxy groups -OCH3 is 1. The van der Waals surface area contributed by atoms with Crippen LogP contribution in [0.2, 0.25) is 0 Å². The second-order valence-corrected chi connectivity index (χ2v) is 4.99. The molecule has 0 saturated carbocycles. The van der Waals surface area contributed by atoms with Crippen LogP contribution < -0.4 is 10.1 Å². The first kappa shape index (κ1) is 16.6. The van der Waals surface area contributed by atoms with Crippen LogP contribution in [-0.4, -0.2) is 25.6 Å². The highest BCUT2D eigenvalue weighted by atomic mass is 16.5. The van der Waals surface area contributed by atoms with Gasteiger partial charge in [0.05, 0.1) is 25.8 Å². The maximum absolute atomic E-state index is 11.8.